The molecule has 0 amide bonds. The number of hydrogen-bond acceptors (Lipinski definition) is 2. The molecule has 1 fully saturated rings. The highest BCUT2D eigenvalue weighted by Gasteiger charge is 2.22. The van der Waals surface area contributed by atoms with Gasteiger partial charge in [-0.25, -0.2) is 0 Å². The fourth-order valence-electron chi connectivity index (χ4n) is 1.94. The van der Waals surface area contributed by atoms with Crippen LogP contribution in [0.5, 0.6) is 5.75 Å². The second-order valence-corrected chi connectivity index (χ2v) is 4.95. The highest BCUT2D eigenvalue weighted by Crippen LogP contribution is 2.37. The van der Waals surface area contributed by atoms with Gasteiger partial charge in [0.1, 0.15) is 5.75 Å². The Balaban J connectivity index is 0.000000550. The monoisotopic (exact) mass is 260 g/mol. The lowest BCUT2D eigenvalue weighted by atomic mass is 10.0. The smallest absolute Gasteiger partial charge is 0.119 e. The van der Waals surface area contributed by atoms with Gasteiger partial charge in [0.25, 0.3) is 0 Å². The number of benzene rings is 1. The molecule has 0 saturated heterocycles. The molecule has 1 saturated carbocycles. The predicted octanol–water partition coefficient (Wildman–Crippen LogP) is 4.16. The van der Waals surface area contributed by atoms with E-state index in [1.165, 1.54) is 18.4 Å². The molecule has 104 valence electrons. The summed E-state index contributed by atoms with van der Waals surface area (Å²) in [6.45, 7) is 9.82. The molecule has 0 unspecified atom stereocenters. The Morgan fingerprint density at radius 3 is 2.42 bits per heavy atom. The number of allylic oxidation sites excluding steroid dienone is 1. The normalized spacial score (nSPS) is 14.6. The minimum absolute atomic E-state index is 0.250. The van der Waals surface area contributed by atoms with Crippen molar-refractivity contribution in [1.82, 2.24) is 0 Å². The number of aliphatic hydroxyl groups excluding tert-OH is 1. The van der Waals surface area contributed by atoms with Crippen LogP contribution in [0.25, 0.3) is 12.2 Å². The minimum Gasteiger partial charge on any atom is -0.508 e. The Morgan fingerprint density at radius 2 is 1.95 bits per heavy atom. The van der Waals surface area contributed by atoms with Crippen molar-refractivity contribution in [2.75, 3.05) is 6.61 Å². The first-order valence-electron chi connectivity index (χ1n) is 6.78. The average Bonchev–Trinajstić information content (AvgIpc) is 3.18. The molecule has 2 rings (SSSR count). The third-order valence-corrected chi connectivity index (χ3v) is 3.23. The van der Waals surface area contributed by atoms with Gasteiger partial charge < -0.3 is 10.2 Å². The van der Waals surface area contributed by atoms with Crippen LogP contribution in [0.4, 0.5) is 0 Å². The van der Waals surface area contributed by atoms with Crippen LogP contribution in [-0.4, -0.2) is 16.8 Å². The van der Waals surface area contributed by atoms with Crippen LogP contribution in [0.3, 0.4) is 0 Å². The van der Waals surface area contributed by atoms with Gasteiger partial charge in [-0.2, -0.15) is 0 Å². The van der Waals surface area contributed by atoms with E-state index in [2.05, 4.69) is 19.6 Å². The maximum Gasteiger partial charge on any atom is 0.119 e. The average molecular weight is 260 g/mol. The number of phenols is 1. The van der Waals surface area contributed by atoms with Crippen molar-refractivity contribution in [2.45, 2.75) is 33.6 Å². The van der Waals surface area contributed by atoms with E-state index in [-0.39, 0.29) is 6.61 Å². The molecule has 0 spiro atoms. The number of rotatable bonds is 3. The van der Waals surface area contributed by atoms with Crippen molar-refractivity contribution in [2.24, 2.45) is 5.92 Å². The van der Waals surface area contributed by atoms with Crippen molar-refractivity contribution in [3.8, 4) is 5.75 Å². The Morgan fingerprint density at radius 1 is 1.37 bits per heavy atom. The lowest BCUT2D eigenvalue weighted by Gasteiger charge is -2.07. The molecular formula is C17H24O2. The molecule has 0 atom stereocenters. The lowest BCUT2D eigenvalue weighted by molar-refractivity contribution is 0.318. The van der Waals surface area contributed by atoms with E-state index in [0.717, 1.165) is 22.6 Å². The molecule has 0 bridgehead atoms. The van der Waals surface area contributed by atoms with E-state index < -0.39 is 0 Å². The predicted molar refractivity (Wildman–Crippen MR) is 82.1 cm³/mol. The molecule has 1 aliphatic carbocycles. The van der Waals surface area contributed by atoms with Gasteiger partial charge in [0.05, 0.1) is 0 Å². The van der Waals surface area contributed by atoms with E-state index in [4.69, 9.17) is 5.11 Å². The second kappa shape index (κ2) is 7.15. The zero-order valence-corrected chi connectivity index (χ0v) is 12.1. The van der Waals surface area contributed by atoms with Crippen LogP contribution >= 0.6 is 0 Å². The first-order valence-corrected chi connectivity index (χ1v) is 6.78. The molecule has 2 nitrogen and oxygen atoms in total. The summed E-state index contributed by atoms with van der Waals surface area (Å²) in [5.41, 5.74) is 4.47. The summed E-state index contributed by atoms with van der Waals surface area (Å²) in [6.07, 6.45) is 6.64. The van der Waals surface area contributed by atoms with E-state index in [9.17, 15) is 5.11 Å². The van der Waals surface area contributed by atoms with Crippen LogP contribution in [0.2, 0.25) is 0 Å². The number of aromatic hydroxyl groups is 1. The highest BCUT2D eigenvalue weighted by atomic mass is 16.3. The first kappa shape index (κ1) is 15.5. The van der Waals surface area contributed by atoms with E-state index in [1.54, 1.807) is 6.92 Å². The number of aryl methyl sites for hydroxylation is 1. The highest BCUT2D eigenvalue weighted by molar-refractivity contribution is 5.68. The summed E-state index contributed by atoms with van der Waals surface area (Å²) in [5.74, 6) is 1.13. The Bertz CT molecular complexity index is 468. The summed E-state index contributed by atoms with van der Waals surface area (Å²) >= 11 is 0. The summed E-state index contributed by atoms with van der Waals surface area (Å²) in [5, 5.41) is 17.3. The molecule has 0 aromatic heterocycles. The Kier molecular flexibility index (Phi) is 5.84. The fraction of sp³-hybridized carbons (Fsp3) is 0.412. The van der Waals surface area contributed by atoms with Crippen LogP contribution < -0.4 is 0 Å². The summed E-state index contributed by atoms with van der Waals surface area (Å²) in [4.78, 5) is 0. The third-order valence-electron chi connectivity index (χ3n) is 3.23. The standard InChI is InChI=1S/C15H18O.C2H6O/c1-4-12-8-11(3)15(16)9-14(12)7-10(2)13-5-6-13;1-2-3/h4,7-9,13,16H,1,5-6H2,2-3H3;3H,2H2,1H3/b10-7+;. The SMILES string of the molecule is C=Cc1cc(C)c(O)cc1/C=C(\C)C1CC1.CCO. The van der Waals surface area contributed by atoms with Gasteiger partial charge in [-0.05, 0) is 68.4 Å². The molecular weight excluding hydrogens is 236 g/mol. The molecule has 1 aliphatic rings. The second-order valence-electron chi connectivity index (χ2n) is 4.95. The molecule has 1 aromatic carbocycles. The Hall–Kier alpha value is -1.54. The maximum atomic E-state index is 9.72. The number of aliphatic hydroxyl groups is 1. The maximum absolute atomic E-state index is 9.72. The number of hydrogen-bond donors (Lipinski definition) is 2. The van der Waals surface area contributed by atoms with Crippen molar-refractivity contribution in [3.05, 3.63) is 41.0 Å². The van der Waals surface area contributed by atoms with E-state index in [1.807, 2.05) is 25.1 Å². The molecule has 19 heavy (non-hydrogen) atoms. The zero-order valence-electron chi connectivity index (χ0n) is 12.1. The van der Waals surface area contributed by atoms with Crippen molar-refractivity contribution >= 4 is 12.2 Å². The largest absolute Gasteiger partial charge is 0.508 e. The van der Waals surface area contributed by atoms with Crippen LogP contribution in [-0.2, 0) is 0 Å². The third kappa shape index (κ3) is 4.56. The lowest BCUT2D eigenvalue weighted by Crippen LogP contribution is -1.86. The molecule has 0 aliphatic heterocycles. The minimum atomic E-state index is 0.250. The van der Waals surface area contributed by atoms with Gasteiger partial charge in [0.15, 0.2) is 0 Å². The summed E-state index contributed by atoms with van der Waals surface area (Å²) < 4.78 is 0. The van der Waals surface area contributed by atoms with Gasteiger partial charge in [-0.15, -0.1) is 0 Å². The number of phenolic OH excluding ortho intramolecular Hbond substituents is 1. The topological polar surface area (TPSA) is 40.5 Å². The van der Waals surface area contributed by atoms with E-state index >= 15 is 0 Å². The molecule has 1 aromatic rings. The fourth-order valence-corrected chi connectivity index (χ4v) is 1.94. The quantitative estimate of drug-likeness (QED) is 0.857. The van der Waals surface area contributed by atoms with Gasteiger partial charge >= 0.3 is 0 Å². The molecule has 2 heteroatoms. The van der Waals surface area contributed by atoms with Crippen molar-refractivity contribution < 1.29 is 10.2 Å². The van der Waals surface area contributed by atoms with Gasteiger partial charge in [-0.1, -0.05) is 24.3 Å². The summed E-state index contributed by atoms with van der Waals surface area (Å²) in [6, 6.07) is 3.81. The van der Waals surface area contributed by atoms with Gasteiger partial charge in [0.2, 0.25) is 0 Å². The van der Waals surface area contributed by atoms with Gasteiger partial charge in [0, 0.05) is 6.61 Å². The van der Waals surface area contributed by atoms with E-state index in [0.29, 0.717) is 5.75 Å². The summed E-state index contributed by atoms with van der Waals surface area (Å²) in [7, 11) is 0. The molecule has 0 radical (unpaired) electrons. The van der Waals surface area contributed by atoms with Gasteiger partial charge in [-0.3, -0.25) is 0 Å². The first-order chi connectivity index (χ1) is 9.03. The van der Waals surface area contributed by atoms with Crippen LogP contribution in [0.1, 0.15) is 43.4 Å². The van der Waals surface area contributed by atoms with Crippen LogP contribution in [0, 0.1) is 12.8 Å². The zero-order chi connectivity index (χ0) is 14.4. The molecule has 0 heterocycles. The van der Waals surface area contributed by atoms with Crippen molar-refractivity contribution in [3.63, 3.8) is 0 Å². The molecule has 2 N–H and O–H groups in total. The Labute approximate surface area is 116 Å². The van der Waals surface area contributed by atoms with Crippen molar-refractivity contribution in [1.29, 1.82) is 0 Å². The van der Waals surface area contributed by atoms with Crippen LogP contribution in [0.15, 0.2) is 24.3 Å².